The van der Waals surface area contributed by atoms with Crippen LogP contribution >= 0.6 is 0 Å². The number of nitrogens with one attached hydrogen (secondary N) is 2. The number of carbonyl (C=O) groups is 5. The fourth-order valence-corrected chi connectivity index (χ4v) is 3.88. The van der Waals surface area contributed by atoms with E-state index in [0.717, 1.165) is 16.2 Å². The van der Waals surface area contributed by atoms with Gasteiger partial charge in [-0.1, -0.05) is 12.1 Å². The highest BCUT2D eigenvalue weighted by Crippen LogP contribution is 2.30. The lowest BCUT2D eigenvalue weighted by Crippen LogP contribution is -2.54. The first-order chi connectivity index (χ1) is 14.8. The number of rotatable bonds is 5. The zero-order valence-corrected chi connectivity index (χ0v) is 17.1. The minimum atomic E-state index is -1.03. The van der Waals surface area contributed by atoms with Gasteiger partial charge in [0.1, 0.15) is 17.6 Å². The molecule has 2 aliphatic heterocycles. The third-order valence-electron chi connectivity index (χ3n) is 5.58. The fourth-order valence-electron chi connectivity index (χ4n) is 3.88. The van der Waals surface area contributed by atoms with E-state index in [9.17, 15) is 24.0 Å². The van der Waals surface area contributed by atoms with Crippen LogP contribution in [-0.2, 0) is 27.3 Å². The average Bonchev–Trinajstić information content (AvgIpc) is 3.16. The second kappa shape index (κ2) is 7.82. The summed E-state index contributed by atoms with van der Waals surface area (Å²) in [6.07, 6.45) is 0.196. The second-order valence-electron chi connectivity index (χ2n) is 7.69. The molecule has 2 N–H and O–H groups in total. The Balaban J connectivity index is 1.50. The Kier molecular flexibility index (Phi) is 5.18. The molecule has 5 amide bonds. The molecular weight excluding hydrogens is 402 g/mol. The number of hydrogen-bond acceptors (Lipinski definition) is 6. The van der Waals surface area contributed by atoms with Crippen LogP contribution < -0.4 is 10.6 Å². The number of amides is 5. The molecule has 0 aliphatic carbocycles. The van der Waals surface area contributed by atoms with E-state index >= 15 is 0 Å². The third-order valence-corrected chi connectivity index (χ3v) is 5.58. The lowest BCUT2D eigenvalue weighted by atomic mass is 10.0. The van der Waals surface area contributed by atoms with Crippen LogP contribution in [0.4, 0.5) is 0 Å². The number of nitrogens with zero attached hydrogens (tertiary/aromatic N) is 1. The van der Waals surface area contributed by atoms with Gasteiger partial charge in [0.2, 0.25) is 17.7 Å². The maximum atomic E-state index is 13.0. The lowest BCUT2D eigenvalue weighted by molar-refractivity contribution is -0.136. The largest absolute Gasteiger partial charge is 0.466 e. The molecule has 0 radical (unpaired) electrons. The van der Waals surface area contributed by atoms with Crippen LogP contribution in [-0.4, -0.2) is 40.5 Å². The minimum Gasteiger partial charge on any atom is -0.466 e. The predicted octanol–water partition coefficient (Wildman–Crippen LogP) is 1.16. The molecule has 1 aromatic heterocycles. The summed E-state index contributed by atoms with van der Waals surface area (Å²) in [4.78, 5) is 62.7. The Labute approximate surface area is 177 Å². The number of imide groups is 2. The van der Waals surface area contributed by atoms with Crippen molar-refractivity contribution in [3.63, 3.8) is 0 Å². The zero-order chi connectivity index (χ0) is 22.3. The van der Waals surface area contributed by atoms with Crippen LogP contribution in [0.15, 0.2) is 28.7 Å². The van der Waals surface area contributed by atoms with Gasteiger partial charge >= 0.3 is 0 Å². The van der Waals surface area contributed by atoms with Crippen molar-refractivity contribution in [2.45, 2.75) is 45.7 Å². The van der Waals surface area contributed by atoms with Gasteiger partial charge in [-0.15, -0.1) is 0 Å². The number of carbonyl (C=O) groups excluding carboxylic acids is 5. The highest BCUT2D eigenvalue weighted by Gasteiger charge is 2.45. The lowest BCUT2D eigenvalue weighted by Gasteiger charge is -2.27. The van der Waals surface area contributed by atoms with E-state index in [1.807, 2.05) is 13.8 Å². The van der Waals surface area contributed by atoms with Crippen molar-refractivity contribution in [1.82, 2.24) is 15.5 Å². The number of fused-ring (bicyclic) bond motifs is 1. The van der Waals surface area contributed by atoms with Crippen molar-refractivity contribution >= 4 is 29.5 Å². The number of aryl methyl sites for hydroxylation is 2. The van der Waals surface area contributed by atoms with E-state index in [4.69, 9.17) is 4.42 Å². The smallest absolute Gasteiger partial charge is 0.262 e. The SMILES string of the molecule is Cc1cc(CC(=O)NCc2cccc3c2C(=O)N(C2CCC(=O)NC2=O)C3=O)oc1C. The molecule has 160 valence electrons. The van der Waals surface area contributed by atoms with E-state index in [2.05, 4.69) is 10.6 Å². The van der Waals surface area contributed by atoms with Crippen molar-refractivity contribution in [1.29, 1.82) is 0 Å². The van der Waals surface area contributed by atoms with Crippen LogP contribution in [0.25, 0.3) is 0 Å². The van der Waals surface area contributed by atoms with Crippen molar-refractivity contribution in [2.24, 2.45) is 0 Å². The van der Waals surface area contributed by atoms with Gasteiger partial charge in [0.15, 0.2) is 0 Å². The fraction of sp³-hybridized carbons (Fsp3) is 0.318. The molecule has 1 aromatic carbocycles. The Morgan fingerprint density at radius 2 is 1.97 bits per heavy atom. The topological polar surface area (TPSA) is 126 Å². The second-order valence-corrected chi connectivity index (χ2v) is 7.69. The first kappa shape index (κ1) is 20.5. The Hall–Kier alpha value is -3.75. The third kappa shape index (κ3) is 3.74. The number of piperidine rings is 1. The molecule has 4 rings (SSSR count). The summed E-state index contributed by atoms with van der Waals surface area (Å²) in [5.74, 6) is -1.26. The molecule has 2 aliphatic rings. The molecule has 31 heavy (non-hydrogen) atoms. The summed E-state index contributed by atoms with van der Waals surface area (Å²) in [7, 11) is 0. The summed E-state index contributed by atoms with van der Waals surface area (Å²) in [5.41, 5.74) is 1.79. The molecule has 0 saturated carbocycles. The van der Waals surface area contributed by atoms with Gasteiger partial charge in [0, 0.05) is 13.0 Å². The quantitative estimate of drug-likeness (QED) is 0.695. The molecule has 3 heterocycles. The van der Waals surface area contributed by atoms with Crippen LogP contribution in [0.2, 0.25) is 0 Å². The monoisotopic (exact) mass is 423 g/mol. The number of hydrogen-bond donors (Lipinski definition) is 2. The molecular formula is C22H21N3O6. The van der Waals surface area contributed by atoms with Gasteiger partial charge in [0.25, 0.3) is 11.8 Å². The molecule has 9 nitrogen and oxygen atoms in total. The van der Waals surface area contributed by atoms with Crippen LogP contribution in [0.5, 0.6) is 0 Å². The molecule has 2 aromatic rings. The predicted molar refractivity (Wildman–Crippen MR) is 107 cm³/mol. The summed E-state index contributed by atoms with van der Waals surface area (Å²) >= 11 is 0. The van der Waals surface area contributed by atoms with Crippen molar-refractivity contribution in [3.8, 4) is 0 Å². The van der Waals surface area contributed by atoms with E-state index in [1.54, 1.807) is 18.2 Å². The maximum absolute atomic E-state index is 13.0. The molecule has 1 atom stereocenters. The van der Waals surface area contributed by atoms with Crippen molar-refractivity contribution in [2.75, 3.05) is 0 Å². The maximum Gasteiger partial charge on any atom is 0.262 e. The normalized spacial score (nSPS) is 18.3. The standard InChI is InChI=1S/C22H21N3O6/c1-11-8-14(31-12(11)2)9-18(27)23-10-13-4-3-5-15-19(13)22(30)25(21(15)29)16-6-7-17(26)24-20(16)28/h3-5,8,16H,6-7,9-10H2,1-2H3,(H,23,27)(H,24,26,28). The van der Waals surface area contributed by atoms with E-state index < -0.39 is 29.7 Å². The van der Waals surface area contributed by atoms with E-state index in [-0.39, 0.29) is 42.8 Å². The van der Waals surface area contributed by atoms with Crippen molar-refractivity contribution < 1.29 is 28.4 Å². The average molecular weight is 423 g/mol. The van der Waals surface area contributed by atoms with Crippen molar-refractivity contribution in [3.05, 3.63) is 58.0 Å². The molecule has 0 bridgehead atoms. The zero-order valence-electron chi connectivity index (χ0n) is 17.1. The summed E-state index contributed by atoms with van der Waals surface area (Å²) in [5, 5.41) is 4.91. The van der Waals surface area contributed by atoms with E-state index in [0.29, 0.717) is 11.3 Å². The summed E-state index contributed by atoms with van der Waals surface area (Å²) in [6, 6.07) is 5.56. The highest BCUT2D eigenvalue weighted by molar-refractivity contribution is 6.24. The van der Waals surface area contributed by atoms with Gasteiger partial charge in [-0.2, -0.15) is 0 Å². The molecule has 1 fully saturated rings. The van der Waals surface area contributed by atoms with Crippen LogP contribution in [0.1, 0.15) is 56.2 Å². The van der Waals surface area contributed by atoms with Gasteiger partial charge in [0.05, 0.1) is 17.5 Å². The molecule has 0 spiro atoms. The summed E-state index contributed by atoms with van der Waals surface area (Å²) < 4.78 is 5.51. The highest BCUT2D eigenvalue weighted by atomic mass is 16.3. The molecule has 1 unspecified atom stereocenters. The van der Waals surface area contributed by atoms with Crippen LogP contribution in [0, 0.1) is 13.8 Å². The van der Waals surface area contributed by atoms with Crippen LogP contribution in [0.3, 0.4) is 0 Å². The van der Waals surface area contributed by atoms with Gasteiger partial charge in [-0.05, 0) is 43.5 Å². The Morgan fingerprint density at radius 1 is 1.19 bits per heavy atom. The van der Waals surface area contributed by atoms with Gasteiger partial charge < -0.3 is 9.73 Å². The Morgan fingerprint density at radius 3 is 2.65 bits per heavy atom. The first-order valence-electron chi connectivity index (χ1n) is 9.92. The molecule has 1 saturated heterocycles. The van der Waals surface area contributed by atoms with E-state index in [1.165, 1.54) is 6.07 Å². The minimum absolute atomic E-state index is 0.0445. The number of benzene rings is 1. The number of furan rings is 1. The first-order valence-corrected chi connectivity index (χ1v) is 9.92. The molecule has 9 heteroatoms. The Bertz CT molecular complexity index is 1110. The van der Waals surface area contributed by atoms with Gasteiger partial charge in [-0.3, -0.25) is 34.2 Å². The summed E-state index contributed by atoms with van der Waals surface area (Å²) in [6.45, 7) is 3.76. The van der Waals surface area contributed by atoms with Gasteiger partial charge in [-0.25, -0.2) is 0 Å².